The number of carboxylic acid groups (broad SMARTS) is 1. The topological polar surface area (TPSA) is 63.8 Å². The van der Waals surface area contributed by atoms with Gasteiger partial charge >= 0.3 is 5.97 Å². The highest BCUT2D eigenvalue weighted by atomic mass is 32.1. The summed E-state index contributed by atoms with van der Waals surface area (Å²) in [5, 5.41) is 9.46. The number of hydrogen-bond acceptors (Lipinski definition) is 4. The van der Waals surface area contributed by atoms with E-state index in [0.29, 0.717) is 6.61 Å². The first-order valence-electron chi connectivity index (χ1n) is 9.14. The van der Waals surface area contributed by atoms with Crippen molar-refractivity contribution >= 4 is 22.3 Å². The zero-order valence-corrected chi connectivity index (χ0v) is 16.1. The number of aliphatic carboxylic acids is 1. The van der Waals surface area contributed by atoms with E-state index in [9.17, 15) is 9.90 Å². The van der Waals surface area contributed by atoms with Crippen LogP contribution in [0.15, 0.2) is 36.4 Å². The lowest BCUT2D eigenvalue weighted by atomic mass is 10.0. The van der Waals surface area contributed by atoms with Gasteiger partial charge in [0.05, 0.1) is 17.8 Å². The summed E-state index contributed by atoms with van der Waals surface area (Å²) in [5.41, 5.74) is 4.64. The Morgan fingerprint density at radius 1 is 1.30 bits per heavy atom. The highest BCUT2D eigenvalue weighted by Crippen LogP contribution is 2.35. The van der Waals surface area contributed by atoms with Crippen LogP contribution < -0.4 is 4.74 Å². The van der Waals surface area contributed by atoms with E-state index in [2.05, 4.69) is 11.0 Å². The van der Waals surface area contributed by atoms with Crippen molar-refractivity contribution in [3.05, 3.63) is 52.7 Å². The molecule has 2 heterocycles. The Hall–Kier alpha value is -2.60. The number of carbonyl (C=O) groups is 1. The van der Waals surface area contributed by atoms with Gasteiger partial charge in [-0.25, -0.2) is 4.98 Å². The summed E-state index contributed by atoms with van der Waals surface area (Å²) in [6.07, 6.45) is 4.37. The summed E-state index contributed by atoms with van der Waals surface area (Å²) in [6, 6.07) is 7.67. The van der Waals surface area contributed by atoms with Crippen LogP contribution in [-0.4, -0.2) is 27.1 Å². The molecule has 0 fully saturated rings. The molecule has 6 heteroatoms. The highest BCUT2D eigenvalue weighted by molar-refractivity contribution is 7.17. The van der Waals surface area contributed by atoms with Gasteiger partial charge in [0.25, 0.3) is 0 Å². The average Bonchev–Trinajstić information content (AvgIpc) is 3.17. The molecule has 2 aromatic heterocycles. The monoisotopic (exact) mass is 382 g/mol. The van der Waals surface area contributed by atoms with Crippen LogP contribution in [0.4, 0.5) is 0 Å². The number of fused-ring (bicyclic) bond motifs is 3. The van der Waals surface area contributed by atoms with Crippen LogP contribution >= 0.6 is 11.3 Å². The molecule has 5 nitrogen and oxygen atoms in total. The van der Waals surface area contributed by atoms with Gasteiger partial charge < -0.3 is 9.84 Å². The zero-order valence-electron chi connectivity index (χ0n) is 15.3. The zero-order chi connectivity index (χ0) is 19.0. The quantitative estimate of drug-likeness (QED) is 0.637. The Morgan fingerprint density at radius 2 is 2.04 bits per heavy atom. The maximum Gasteiger partial charge on any atom is 0.309 e. The molecule has 1 aliphatic rings. The number of rotatable bonds is 6. The van der Waals surface area contributed by atoms with Crippen molar-refractivity contribution in [3.8, 4) is 17.0 Å². The van der Waals surface area contributed by atoms with Gasteiger partial charge in [-0.1, -0.05) is 6.58 Å². The largest absolute Gasteiger partial charge is 0.489 e. The summed E-state index contributed by atoms with van der Waals surface area (Å²) in [5.74, 6) is -0.0739. The van der Waals surface area contributed by atoms with Crippen molar-refractivity contribution in [3.63, 3.8) is 0 Å². The Balaban J connectivity index is 1.75. The van der Waals surface area contributed by atoms with Crippen molar-refractivity contribution in [2.75, 3.05) is 6.61 Å². The number of hydrogen-bond donors (Lipinski definition) is 1. The Kier molecular flexibility index (Phi) is 4.74. The van der Waals surface area contributed by atoms with E-state index in [1.54, 1.807) is 11.3 Å². The van der Waals surface area contributed by atoms with Crippen molar-refractivity contribution in [2.24, 2.45) is 0 Å². The van der Waals surface area contributed by atoms with E-state index in [-0.39, 0.29) is 6.42 Å². The van der Waals surface area contributed by atoms with E-state index >= 15 is 0 Å². The minimum absolute atomic E-state index is 0.0341. The number of ether oxygens (including phenoxy) is 1. The van der Waals surface area contributed by atoms with Gasteiger partial charge in [-0.15, -0.1) is 11.3 Å². The van der Waals surface area contributed by atoms with E-state index in [4.69, 9.17) is 9.72 Å². The number of carboxylic acids is 1. The fourth-order valence-electron chi connectivity index (χ4n) is 3.55. The normalized spacial score (nSPS) is 13.5. The maximum atomic E-state index is 11.5. The van der Waals surface area contributed by atoms with E-state index < -0.39 is 5.97 Å². The van der Waals surface area contributed by atoms with E-state index in [1.807, 2.05) is 31.2 Å². The molecular weight excluding hydrogens is 360 g/mol. The van der Waals surface area contributed by atoms with Crippen LogP contribution in [0.1, 0.15) is 36.0 Å². The van der Waals surface area contributed by atoms with Crippen molar-refractivity contribution in [2.45, 2.75) is 39.0 Å². The molecule has 0 saturated heterocycles. The first-order chi connectivity index (χ1) is 13.0. The lowest BCUT2D eigenvalue weighted by Gasteiger charge is -2.12. The molecule has 0 spiro atoms. The standard InChI is InChI=1S/C21H22N2O3S/c1-13(2)12-26-15-9-7-14(8-10-15)20-17(11-19(24)25)23-16-5-3-4-6-18(16)27-21(23)22-20/h7-10H,1,3-6,11-12H2,2H3,(H,24,25). The second-order valence-corrected chi connectivity index (χ2v) is 8.11. The molecule has 1 aromatic carbocycles. The second-order valence-electron chi connectivity index (χ2n) is 7.04. The van der Waals surface area contributed by atoms with Crippen molar-refractivity contribution in [1.29, 1.82) is 0 Å². The van der Waals surface area contributed by atoms with Crippen LogP contribution in [-0.2, 0) is 24.1 Å². The summed E-state index contributed by atoms with van der Waals surface area (Å²) in [4.78, 5) is 18.6. The third-order valence-corrected chi connectivity index (χ3v) is 5.89. The predicted octanol–water partition coefficient (Wildman–Crippen LogP) is 4.52. The molecule has 0 aliphatic heterocycles. The van der Waals surface area contributed by atoms with Crippen LogP contribution in [0.2, 0.25) is 0 Å². The third-order valence-electron chi connectivity index (χ3n) is 4.75. The predicted molar refractivity (Wildman–Crippen MR) is 107 cm³/mol. The van der Waals surface area contributed by atoms with Gasteiger partial charge in [0.15, 0.2) is 4.96 Å². The molecule has 1 N–H and O–H groups in total. The van der Waals surface area contributed by atoms with E-state index in [1.165, 1.54) is 17.0 Å². The minimum atomic E-state index is -0.838. The molecule has 3 aromatic rings. The van der Waals surface area contributed by atoms with Crippen LogP contribution in [0.3, 0.4) is 0 Å². The summed E-state index contributed by atoms with van der Waals surface area (Å²) in [7, 11) is 0. The lowest BCUT2D eigenvalue weighted by Crippen LogP contribution is -2.09. The lowest BCUT2D eigenvalue weighted by molar-refractivity contribution is -0.136. The summed E-state index contributed by atoms with van der Waals surface area (Å²) < 4.78 is 7.75. The Bertz CT molecular complexity index is 1010. The molecule has 140 valence electrons. The molecule has 1 aliphatic carbocycles. The van der Waals surface area contributed by atoms with Gasteiger partial charge in [0.2, 0.25) is 0 Å². The number of imidazole rings is 1. The number of nitrogens with zero attached hydrogens (tertiary/aromatic N) is 2. The first-order valence-corrected chi connectivity index (χ1v) is 9.96. The molecular formula is C21H22N2O3S. The van der Waals surface area contributed by atoms with Gasteiger partial charge in [0, 0.05) is 16.1 Å². The average molecular weight is 382 g/mol. The van der Waals surface area contributed by atoms with Crippen LogP contribution in [0.25, 0.3) is 16.2 Å². The number of aryl methyl sites for hydroxylation is 2. The fourth-order valence-corrected chi connectivity index (χ4v) is 4.78. The second kappa shape index (κ2) is 7.19. The minimum Gasteiger partial charge on any atom is -0.489 e. The summed E-state index contributed by atoms with van der Waals surface area (Å²) in [6.45, 7) is 6.24. The molecule has 0 unspecified atom stereocenters. The molecule has 0 radical (unpaired) electrons. The Labute approximate surface area is 161 Å². The molecule has 0 atom stereocenters. The van der Waals surface area contributed by atoms with Crippen molar-refractivity contribution in [1.82, 2.24) is 9.38 Å². The van der Waals surface area contributed by atoms with Crippen LogP contribution in [0.5, 0.6) is 5.75 Å². The van der Waals surface area contributed by atoms with Gasteiger partial charge in [0.1, 0.15) is 12.4 Å². The van der Waals surface area contributed by atoms with Crippen LogP contribution in [0, 0.1) is 0 Å². The van der Waals surface area contributed by atoms with Gasteiger partial charge in [-0.3, -0.25) is 9.20 Å². The molecule has 27 heavy (non-hydrogen) atoms. The number of aromatic nitrogens is 2. The van der Waals surface area contributed by atoms with Gasteiger partial charge in [-0.2, -0.15) is 0 Å². The van der Waals surface area contributed by atoms with Gasteiger partial charge in [-0.05, 0) is 62.4 Å². The highest BCUT2D eigenvalue weighted by Gasteiger charge is 2.24. The molecule has 4 rings (SSSR count). The molecule has 0 bridgehead atoms. The van der Waals surface area contributed by atoms with Crippen molar-refractivity contribution < 1.29 is 14.6 Å². The molecule has 0 saturated carbocycles. The fraction of sp³-hybridized carbons (Fsp3) is 0.333. The van der Waals surface area contributed by atoms with E-state index in [0.717, 1.165) is 52.5 Å². The first kappa shape index (κ1) is 17.8. The number of benzene rings is 1. The number of thiazole rings is 1. The smallest absolute Gasteiger partial charge is 0.309 e. The maximum absolute atomic E-state index is 11.5. The third kappa shape index (κ3) is 3.49. The summed E-state index contributed by atoms with van der Waals surface area (Å²) >= 11 is 1.70. The Morgan fingerprint density at radius 3 is 2.74 bits per heavy atom. The SMILES string of the molecule is C=C(C)COc1ccc(-c2nc3sc4c(n3c2CC(=O)O)CCCC4)cc1. The molecule has 0 amide bonds.